The number of amides is 1. The van der Waals surface area contributed by atoms with E-state index in [1.54, 1.807) is 6.07 Å². The van der Waals surface area contributed by atoms with E-state index in [2.05, 4.69) is 10.6 Å². The predicted octanol–water partition coefficient (Wildman–Crippen LogP) is 3.85. The normalized spacial score (nSPS) is 12.0. The van der Waals surface area contributed by atoms with Gasteiger partial charge in [0, 0.05) is 12.2 Å². The Morgan fingerprint density at radius 3 is 2.43 bits per heavy atom. The molecule has 0 heterocycles. The molecular weight excluding hydrogens is 271 g/mol. The van der Waals surface area contributed by atoms with Gasteiger partial charge >= 0.3 is 6.09 Å². The van der Waals surface area contributed by atoms with Crippen molar-refractivity contribution in [1.82, 2.24) is 5.32 Å². The Balaban J connectivity index is 2.60. The second kappa shape index (κ2) is 6.33. The number of aryl methyl sites for hydroxylation is 1. The van der Waals surface area contributed by atoms with Crippen LogP contribution in [0.2, 0.25) is 0 Å². The predicted molar refractivity (Wildman–Crippen MR) is 83.1 cm³/mol. The van der Waals surface area contributed by atoms with Gasteiger partial charge in [-0.1, -0.05) is 6.07 Å². The Labute approximate surface area is 126 Å². The first-order valence-electron chi connectivity index (χ1n) is 7.00. The first-order chi connectivity index (χ1) is 9.48. The van der Waals surface area contributed by atoms with E-state index >= 15 is 0 Å². The van der Waals surface area contributed by atoms with Crippen molar-refractivity contribution in [2.45, 2.75) is 52.7 Å². The Bertz CT molecular complexity index is 507. The average molecular weight is 296 g/mol. The van der Waals surface area contributed by atoms with E-state index in [1.165, 1.54) is 12.1 Å². The zero-order valence-electron chi connectivity index (χ0n) is 13.6. The van der Waals surface area contributed by atoms with Gasteiger partial charge in [-0.25, -0.2) is 9.18 Å². The fourth-order valence-electron chi connectivity index (χ4n) is 1.72. The lowest BCUT2D eigenvalue weighted by molar-refractivity contribution is 0.0478. The van der Waals surface area contributed by atoms with Gasteiger partial charge < -0.3 is 15.4 Å². The standard InChI is InChI=1S/C16H25FN2O2/c1-11-7-8-12(17)9-13(11)18-10-16(5,6)19-14(20)21-15(2,3)4/h7-9,18H,10H2,1-6H3,(H,19,20). The summed E-state index contributed by atoms with van der Waals surface area (Å²) in [5, 5.41) is 5.95. The summed E-state index contributed by atoms with van der Waals surface area (Å²) in [7, 11) is 0. The Morgan fingerprint density at radius 1 is 1.24 bits per heavy atom. The lowest BCUT2D eigenvalue weighted by Crippen LogP contribution is -2.50. The number of halogens is 1. The third-order valence-corrected chi connectivity index (χ3v) is 2.76. The van der Waals surface area contributed by atoms with Crippen molar-refractivity contribution in [3.8, 4) is 0 Å². The number of nitrogens with one attached hydrogen (secondary N) is 2. The van der Waals surface area contributed by atoms with Gasteiger partial charge in [-0.05, 0) is 59.2 Å². The summed E-state index contributed by atoms with van der Waals surface area (Å²) in [4.78, 5) is 11.8. The molecule has 0 saturated heterocycles. The number of benzene rings is 1. The minimum atomic E-state index is -0.535. The second-order valence-electron chi connectivity index (χ2n) is 6.82. The van der Waals surface area contributed by atoms with Crippen LogP contribution in [-0.4, -0.2) is 23.8 Å². The van der Waals surface area contributed by atoms with Crippen molar-refractivity contribution >= 4 is 11.8 Å². The van der Waals surface area contributed by atoms with Crippen LogP contribution in [0.1, 0.15) is 40.2 Å². The molecule has 0 radical (unpaired) electrons. The zero-order chi connectivity index (χ0) is 16.3. The molecule has 1 amide bonds. The largest absolute Gasteiger partial charge is 0.444 e. The van der Waals surface area contributed by atoms with Crippen molar-refractivity contribution in [2.24, 2.45) is 0 Å². The lowest BCUT2D eigenvalue weighted by Gasteiger charge is -2.29. The molecule has 21 heavy (non-hydrogen) atoms. The van der Waals surface area contributed by atoms with Gasteiger partial charge in [-0.2, -0.15) is 0 Å². The molecule has 0 bridgehead atoms. The van der Waals surface area contributed by atoms with Crippen LogP contribution < -0.4 is 10.6 Å². The van der Waals surface area contributed by atoms with E-state index in [0.29, 0.717) is 12.2 Å². The molecule has 0 aliphatic rings. The van der Waals surface area contributed by atoms with E-state index in [9.17, 15) is 9.18 Å². The fraction of sp³-hybridized carbons (Fsp3) is 0.562. The van der Waals surface area contributed by atoms with Crippen LogP contribution in [0.5, 0.6) is 0 Å². The van der Waals surface area contributed by atoms with Crippen molar-refractivity contribution in [3.05, 3.63) is 29.6 Å². The van der Waals surface area contributed by atoms with Crippen LogP contribution >= 0.6 is 0 Å². The third-order valence-electron chi connectivity index (χ3n) is 2.76. The van der Waals surface area contributed by atoms with Crippen LogP contribution in [0.4, 0.5) is 14.9 Å². The molecule has 0 aliphatic heterocycles. The van der Waals surface area contributed by atoms with Gasteiger partial charge in [0.25, 0.3) is 0 Å². The van der Waals surface area contributed by atoms with Gasteiger partial charge in [0.2, 0.25) is 0 Å². The maximum absolute atomic E-state index is 13.2. The molecule has 118 valence electrons. The maximum atomic E-state index is 13.2. The highest BCUT2D eigenvalue weighted by Gasteiger charge is 2.24. The van der Waals surface area contributed by atoms with Crippen molar-refractivity contribution < 1.29 is 13.9 Å². The molecule has 4 nitrogen and oxygen atoms in total. The molecule has 0 atom stereocenters. The maximum Gasteiger partial charge on any atom is 0.408 e. The summed E-state index contributed by atoms with van der Waals surface area (Å²) in [6.45, 7) is 11.5. The Morgan fingerprint density at radius 2 is 1.86 bits per heavy atom. The van der Waals surface area contributed by atoms with Gasteiger partial charge in [-0.15, -0.1) is 0 Å². The quantitative estimate of drug-likeness (QED) is 0.887. The average Bonchev–Trinajstić information content (AvgIpc) is 2.27. The zero-order valence-corrected chi connectivity index (χ0v) is 13.6. The molecular formula is C16H25FN2O2. The summed E-state index contributed by atoms with van der Waals surface area (Å²) in [5.74, 6) is -0.291. The van der Waals surface area contributed by atoms with Crippen molar-refractivity contribution in [1.29, 1.82) is 0 Å². The summed E-state index contributed by atoms with van der Waals surface area (Å²) in [6.07, 6.45) is -0.467. The topological polar surface area (TPSA) is 50.4 Å². The van der Waals surface area contributed by atoms with E-state index < -0.39 is 17.2 Å². The number of hydrogen-bond acceptors (Lipinski definition) is 3. The highest BCUT2D eigenvalue weighted by atomic mass is 19.1. The smallest absolute Gasteiger partial charge is 0.408 e. The number of anilines is 1. The Hall–Kier alpha value is -1.78. The lowest BCUT2D eigenvalue weighted by atomic mass is 10.1. The van der Waals surface area contributed by atoms with Crippen LogP contribution in [0, 0.1) is 12.7 Å². The van der Waals surface area contributed by atoms with E-state index in [1.807, 2.05) is 41.5 Å². The molecule has 0 aromatic heterocycles. The first-order valence-corrected chi connectivity index (χ1v) is 7.00. The molecule has 2 N–H and O–H groups in total. The van der Waals surface area contributed by atoms with E-state index in [-0.39, 0.29) is 5.82 Å². The van der Waals surface area contributed by atoms with Gasteiger partial charge in [0.05, 0.1) is 5.54 Å². The van der Waals surface area contributed by atoms with Gasteiger partial charge in [0.1, 0.15) is 11.4 Å². The van der Waals surface area contributed by atoms with Crippen LogP contribution in [0.25, 0.3) is 0 Å². The van der Waals surface area contributed by atoms with Crippen LogP contribution in [0.15, 0.2) is 18.2 Å². The van der Waals surface area contributed by atoms with Crippen LogP contribution in [0.3, 0.4) is 0 Å². The minimum Gasteiger partial charge on any atom is -0.444 e. The molecule has 0 saturated carbocycles. The van der Waals surface area contributed by atoms with Gasteiger partial charge in [0.15, 0.2) is 0 Å². The minimum absolute atomic E-state index is 0.291. The number of alkyl carbamates (subject to hydrolysis) is 1. The number of ether oxygens (including phenoxy) is 1. The van der Waals surface area contributed by atoms with Crippen molar-refractivity contribution in [2.75, 3.05) is 11.9 Å². The second-order valence-corrected chi connectivity index (χ2v) is 6.82. The number of hydrogen-bond donors (Lipinski definition) is 2. The molecule has 1 aromatic carbocycles. The third kappa shape index (κ3) is 6.47. The summed E-state index contributed by atoms with van der Waals surface area (Å²) in [5.41, 5.74) is 0.604. The highest BCUT2D eigenvalue weighted by Crippen LogP contribution is 2.17. The molecule has 5 heteroatoms. The number of carbonyl (C=O) groups excluding carboxylic acids is 1. The molecule has 0 fully saturated rings. The first kappa shape index (κ1) is 17.3. The molecule has 0 aliphatic carbocycles. The monoisotopic (exact) mass is 296 g/mol. The Kier molecular flexibility index (Phi) is 5.20. The van der Waals surface area contributed by atoms with Crippen molar-refractivity contribution in [3.63, 3.8) is 0 Å². The molecule has 0 spiro atoms. The number of rotatable bonds is 4. The summed E-state index contributed by atoms with van der Waals surface area (Å²) < 4.78 is 18.5. The summed E-state index contributed by atoms with van der Waals surface area (Å²) in [6, 6.07) is 4.58. The number of carbonyl (C=O) groups is 1. The van der Waals surface area contributed by atoms with E-state index in [4.69, 9.17) is 4.74 Å². The van der Waals surface area contributed by atoms with E-state index in [0.717, 1.165) is 5.56 Å². The molecule has 1 rings (SSSR count). The SMILES string of the molecule is Cc1ccc(F)cc1NCC(C)(C)NC(=O)OC(C)(C)C. The highest BCUT2D eigenvalue weighted by molar-refractivity contribution is 5.68. The van der Waals surface area contributed by atoms with Gasteiger partial charge in [-0.3, -0.25) is 0 Å². The van der Waals surface area contributed by atoms with Crippen LogP contribution in [-0.2, 0) is 4.74 Å². The molecule has 0 unspecified atom stereocenters. The fourth-order valence-corrected chi connectivity index (χ4v) is 1.72. The summed E-state index contributed by atoms with van der Waals surface area (Å²) >= 11 is 0. The molecule has 1 aromatic rings.